The summed E-state index contributed by atoms with van der Waals surface area (Å²) >= 11 is 3.14. The third-order valence-corrected chi connectivity index (χ3v) is 2.73. The summed E-state index contributed by atoms with van der Waals surface area (Å²) in [5.41, 5.74) is 0.709. The molecule has 1 N–H and O–H groups in total. The molecule has 0 fully saturated rings. The monoisotopic (exact) mass is 273 g/mol. The zero-order valence-electron chi connectivity index (χ0n) is 8.53. The van der Waals surface area contributed by atoms with E-state index in [1.807, 2.05) is 0 Å². The summed E-state index contributed by atoms with van der Waals surface area (Å²) in [7, 11) is 1.64. The van der Waals surface area contributed by atoms with Crippen molar-refractivity contribution in [2.24, 2.45) is 13.0 Å². The smallest absolute Gasteiger partial charge is 0.306 e. The van der Waals surface area contributed by atoms with Crippen molar-refractivity contribution in [2.45, 2.75) is 13.3 Å². The fourth-order valence-corrected chi connectivity index (χ4v) is 1.86. The minimum absolute atomic E-state index is 0.123. The first-order chi connectivity index (χ1) is 6.91. The highest BCUT2D eigenvalue weighted by molar-refractivity contribution is 9.10. The zero-order valence-corrected chi connectivity index (χ0v) is 10.1. The van der Waals surface area contributed by atoms with Crippen LogP contribution in [0.1, 0.15) is 12.5 Å². The number of halogens is 1. The number of carboxylic acid groups (broad SMARTS) is 1. The molecule has 1 aromatic heterocycles. The van der Waals surface area contributed by atoms with Crippen LogP contribution in [-0.2, 0) is 18.3 Å². The fraction of sp³-hybridized carbons (Fsp3) is 0.400. The predicted molar refractivity (Wildman–Crippen MR) is 59.9 cm³/mol. The Kier molecular flexibility index (Phi) is 3.68. The van der Waals surface area contributed by atoms with E-state index in [9.17, 15) is 9.59 Å². The number of rotatable bonds is 3. The van der Waals surface area contributed by atoms with E-state index < -0.39 is 11.9 Å². The molecule has 1 atom stereocenters. The van der Waals surface area contributed by atoms with Crippen LogP contribution in [-0.4, -0.2) is 15.6 Å². The number of aromatic nitrogens is 1. The topological polar surface area (TPSA) is 59.3 Å². The lowest BCUT2D eigenvalue weighted by Gasteiger charge is -2.08. The number of hydrogen-bond acceptors (Lipinski definition) is 2. The molecule has 0 spiro atoms. The van der Waals surface area contributed by atoms with Crippen LogP contribution in [0.2, 0.25) is 0 Å². The Balaban J connectivity index is 2.98. The second kappa shape index (κ2) is 4.61. The average molecular weight is 274 g/mol. The average Bonchev–Trinajstić information content (AvgIpc) is 2.13. The maximum atomic E-state index is 11.3. The molecule has 0 bridgehead atoms. The Morgan fingerprint density at radius 3 is 2.73 bits per heavy atom. The van der Waals surface area contributed by atoms with Crippen LogP contribution in [0.3, 0.4) is 0 Å². The van der Waals surface area contributed by atoms with Gasteiger partial charge in [0.05, 0.1) is 10.4 Å². The highest BCUT2D eigenvalue weighted by Crippen LogP contribution is 2.11. The largest absolute Gasteiger partial charge is 0.481 e. The van der Waals surface area contributed by atoms with E-state index in [1.54, 1.807) is 26.2 Å². The standard InChI is InChI=1S/C10H12BrNO3/c1-6(10(14)15)3-7-4-8(11)9(13)12(2)5-7/h4-6H,3H2,1-2H3,(H,14,15). The van der Waals surface area contributed by atoms with Gasteiger partial charge in [0.2, 0.25) is 0 Å². The van der Waals surface area contributed by atoms with Crippen molar-refractivity contribution < 1.29 is 9.90 Å². The second-order valence-electron chi connectivity index (χ2n) is 3.56. The second-order valence-corrected chi connectivity index (χ2v) is 4.41. The van der Waals surface area contributed by atoms with Crippen LogP contribution >= 0.6 is 15.9 Å². The number of carboxylic acids is 1. The molecule has 0 aliphatic carbocycles. The highest BCUT2D eigenvalue weighted by atomic mass is 79.9. The van der Waals surface area contributed by atoms with Gasteiger partial charge in [-0.2, -0.15) is 0 Å². The van der Waals surface area contributed by atoms with E-state index in [-0.39, 0.29) is 5.56 Å². The van der Waals surface area contributed by atoms with Crippen LogP contribution in [0.5, 0.6) is 0 Å². The van der Waals surface area contributed by atoms with Gasteiger partial charge < -0.3 is 9.67 Å². The van der Waals surface area contributed by atoms with Crippen molar-refractivity contribution in [3.63, 3.8) is 0 Å². The molecule has 0 amide bonds. The molecule has 1 rings (SSSR count). The van der Waals surface area contributed by atoms with Gasteiger partial charge in [0, 0.05) is 13.2 Å². The number of aliphatic carboxylic acids is 1. The molecule has 5 heteroatoms. The van der Waals surface area contributed by atoms with Gasteiger partial charge in [0.1, 0.15) is 0 Å². The van der Waals surface area contributed by atoms with Crippen molar-refractivity contribution in [1.82, 2.24) is 4.57 Å². The number of carbonyl (C=O) groups is 1. The Hall–Kier alpha value is -1.10. The van der Waals surface area contributed by atoms with Crippen LogP contribution < -0.4 is 5.56 Å². The van der Waals surface area contributed by atoms with E-state index in [4.69, 9.17) is 5.11 Å². The lowest BCUT2D eigenvalue weighted by molar-refractivity contribution is -0.141. The highest BCUT2D eigenvalue weighted by Gasteiger charge is 2.12. The van der Waals surface area contributed by atoms with Gasteiger partial charge in [-0.3, -0.25) is 9.59 Å². The maximum absolute atomic E-state index is 11.3. The first-order valence-electron chi connectivity index (χ1n) is 4.49. The molecule has 4 nitrogen and oxygen atoms in total. The molecular weight excluding hydrogens is 262 g/mol. The predicted octanol–water partition coefficient (Wildman–Crippen LogP) is 1.41. The third kappa shape index (κ3) is 2.92. The molecule has 1 heterocycles. The summed E-state index contributed by atoms with van der Waals surface area (Å²) in [4.78, 5) is 22.0. The summed E-state index contributed by atoms with van der Waals surface area (Å²) < 4.78 is 1.90. The summed E-state index contributed by atoms with van der Waals surface area (Å²) in [6.45, 7) is 1.64. The number of nitrogens with zero attached hydrogens (tertiary/aromatic N) is 1. The number of hydrogen-bond donors (Lipinski definition) is 1. The van der Waals surface area contributed by atoms with Crippen LogP contribution in [0, 0.1) is 5.92 Å². The van der Waals surface area contributed by atoms with E-state index in [0.717, 1.165) is 5.56 Å². The number of pyridine rings is 1. The maximum Gasteiger partial charge on any atom is 0.306 e. The Labute approximate surface area is 95.7 Å². The summed E-state index contributed by atoms with van der Waals surface area (Å²) in [6, 6.07) is 1.67. The Morgan fingerprint density at radius 1 is 1.67 bits per heavy atom. The van der Waals surface area contributed by atoms with E-state index in [1.165, 1.54) is 4.57 Å². The molecule has 15 heavy (non-hydrogen) atoms. The molecular formula is C10H12BrNO3. The molecule has 0 aliphatic rings. The molecule has 0 aromatic carbocycles. The first-order valence-corrected chi connectivity index (χ1v) is 5.29. The molecule has 1 unspecified atom stereocenters. The molecule has 0 saturated carbocycles. The number of aryl methyl sites for hydroxylation is 1. The third-order valence-electron chi connectivity index (χ3n) is 2.16. The Bertz CT molecular complexity index is 413. The normalized spacial score (nSPS) is 12.5. The van der Waals surface area contributed by atoms with Gasteiger partial charge in [0.15, 0.2) is 0 Å². The first kappa shape index (κ1) is 12.0. The summed E-state index contributed by atoms with van der Waals surface area (Å²) in [5.74, 6) is -1.28. The van der Waals surface area contributed by atoms with E-state index in [0.29, 0.717) is 10.9 Å². The minimum Gasteiger partial charge on any atom is -0.481 e. The zero-order chi connectivity index (χ0) is 11.6. The van der Waals surface area contributed by atoms with Crippen molar-refractivity contribution in [1.29, 1.82) is 0 Å². The van der Waals surface area contributed by atoms with Crippen molar-refractivity contribution in [3.05, 3.63) is 32.7 Å². The van der Waals surface area contributed by atoms with Gasteiger partial charge >= 0.3 is 5.97 Å². The van der Waals surface area contributed by atoms with Crippen molar-refractivity contribution in [3.8, 4) is 0 Å². The lowest BCUT2D eigenvalue weighted by Crippen LogP contribution is -2.19. The van der Waals surface area contributed by atoms with Crippen LogP contribution in [0.15, 0.2) is 21.5 Å². The SMILES string of the molecule is CC(Cc1cc(Br)c(=O)n(C)c1)C(=O)O. The van der Waals surface area contributed by atoms with Crippen molar-refractivity contribution >= 4 is 21.9 Å². The molecule has 0 aliphatic heterocycles. The summed E-state index contributed by atoms with van der Waals surface area (Å²) in [5, 5.41) is 8.76. The minimum atomic E-state index is -0.833. The van der Waals surface area contributed by atoms with Crippen LogP contribution in [0.4, 0.5) is 0 Å². The van der Waals surface area contributed by atoms with E-state index in [2.05, 4.69) is 15.9 Å². The van der Waals surface area contributed by atoms with Crippen LogP contribution in [0.25, 0.3) is 0 Å². The van der Waals surface area contributed by atoms with E-state index >= 15 is 0 Å². The van der Waals surface area contributed by atoms with Gasteiger partial charge in [-0.05, 0) is 34.0 Å². The van der Waals surface area contributed by atoms with Gasteiger partial charge in [0.25, 0.3) is 5.56 Å². The van der Waals surface area contributed by atoms with Gasteiger partial charge in [-0.25, -0.2) is 0 Å². The molecule has 1 aromatic rings. The molecule has 0 saturated heterocycles. The molecule has 0 radical (unpaired) electrons. The molecule has 82 valence electrons. The Morgan fingerprint density at radius 2 is 2.27 bits per heavy atom. The fourth-order valence-electron chi connectivity index (χ4n) is 1.29. The summed E-state index contributed by atoms with van der Waals surface area (Å²) in [6.07, 6.45) is 2.08. The van der Waals surface area contributed by atoms with Gasteiger partial charge in [-0.1, -0.05) is 6.92 Å². The van der Waals surface area contributed by atoms with Gasteiger partial charge in [-0.15, -0.1) is 0 Å². The lowest BCUT2D eigenvalue weighted by atomic mass is 10.0. The van der Waals surface area contributed by atoms with Crippen molar-refractivity contribution in [2.75, 3.05) is 0 Å². The quantitative estimate of drug-likeness (QED) is 0.906.